The van der Waals surface area contributed by atoms with Crippen molar-refractivity contribution in [3.05, 3.63) is 22.7 Å². The molecule has 1 fully saturated rings. The number of carboxylic acids is 1. The van der Waals surface area contributed by atoms with E-state index in [0.29, 0.717) is 22.3 Å². The molecule has 1 aromatic rings. The molecule has 0 amide bonds. The number of nitrogen functional groups attached to an aromatic ring is 1. The van der Waals surface area contributed by atoms with Crippen molar-refractivity contribution >= 4 is 28.9 Å². The molecule has 1 saturated heterocycles. The van der Waals surface area contributed by atoms with Crippen molar-refractivity contribution in [1.82, 2.24) is 4.90 Å². The molecule has 0 aromatic heterocycles. The van der Waals surface area contributed by atoms with Crippen molar-refractivity contribution < 1.29 is 9.90 Å². The van der Waals surface area contributed by atoms with Gasteiger partial charge in [0.2, 0.25) is 0 Å². The maximum Gasteiger partial charge on any atom is 0.337 e. The first-order chi connectivity index (χ1) is 9.88. The fourth-order valence-electron chi connectivity index (χ4n) is 2.96. The maximum atomic E-state index is 11.4. The lowest BCUT2D eigenvalue weighted by Crippen LogP contribution is -2.38. The zero-order valence-electron chi connectivity index (χ0n) is 12.5. The van der Waals surface area contributed by atoms with Gasteiger partial charge >= 0.3 is 5.97 Å². The number of anilines is 2. The zero-order chi connectivity index (χ0) is 15.6. The lowest BCUT2D eigenvalue weighted by atomic mass is 9.95. The van der Waals surface area contributed by atoms with Crippen LogP contribution in [0.15, 0.2) is 12.1 Å². The minimum atomic E-state index is -0.991. The SMILES string of the molecule is CN(C)CC1CCN(c2c(Cl)cc(N)cc2C(=O)O)CC1. The number of carboxylic acid groups (broad SMARTS) is 1. The second-order valence-electron chi connectivity index (χ2n) is 5.90. The van der Waals surface area contributed by atoms with Crippen LogP contribution in [0.2, 0.25) is 5.02 Å². The summed E-state index contributed by atoms with van der Waals surface area (Å²) in [6.45, 7) is 2.71. The van der Waals surface area contributed by atoms with Crippen LogP contribution in [0.5, 0.6) is 0 Å². The first-order valence-corrected chi connectivity index (χ1v) is 7.48. The van der Waals surface area contributed by atoms with Crippen LogP contribution in [0.1, 0.15) is 23.2 Å². The van der Waals surface area contributed by atoms with Gasteiger partial charge in [0.25, 0.3) is 0 Å². The lowest BCUT2D eigenvalue weighted by Gasteiger charge is -2.35. The first kappa shape index (κ1) is 15.9. The molecule has 0 aliphatic carbocycles. The molecular weight excluding hydrogens is 290 g/mol. The number of piperidine rings is 1. The average Bonchev–Trinajstić information content (AvgIpc) is 2.38. The Labute approximate surface area is 130 Å². The van der Waals surface area contributed by atoms with E-state index in [-0.39, 0.29) is 5.56 Å². The highest BCUT2D eigenvalue weighted by atomic mass is 35.5. The van der Waals surface area contributed by atoms with Gasteiger partial charge in [-0.3, -0.25) is 0 Å². The monoisotopic (exact) mass is 311 g/mol. The molecule has 0 atom stereocenters. The van der Waals surface area contributed by atoms with E-state index < -0.39 is 5.97 Å². The van der Waals surface area contributed by atoms with Crippen molar-refractivity contribution in [2.24, 2.45) is 5.92 Å². The summed E-state index contributed by atoms with van der Waals surface area (Å²) < 4.78 is 0. The highest BCUT2D eigenvalue weighted by Gasteiger charge is 2.25. The standard InChI is InChI=1S/C15H22ClN3O2/c1-18(2)9-10-3-5-19(6-4-10)14-12(15(20)21)7-11(17)8-13(14)16/h7-8,10H,3-6,9,17H2,1-2H3,(H,20,21). The molecule has 3 N–H and O–H groups in total. The highest BCUT2D eigenvalue weighted by molar-refractivity contribution is 6.34. The van der Waals surface area contributed by atoms with Crippen LogP contribution >= 0.6 is 11.6 Å². The van der Waals surface area contributed by atoms with Gasteiger partial charge < -0.3 is 20.6 Å². The van der Waals surface area contributed by atoms with E-state index in [4.69, 9.17) is 17.3 Å². The molecule has 1 aromatic carbocycles. The van der Waals surface area contributed by atoms with Crippen LogP contribution in [0.4, 0.5) is 11.4 Å². The highest BCUT2D eigenvalue weighted by Crippen LogP contribution is 2.35. The summed E-state index contributed by atoms with van der Waals surface area (Å²) in [5.41, 5.74) is 6.86. The van der Waals surface area contributed by atoms with E-state index in [1.165, 1.54) is 6.07 Å². The third kappa shape index (κ3) is 3.80. The summed E-state index contributed by atoms with van der Waals surface area (Å²) >= 11 is 6.24. The number of hydrogen-bond donors (Lipinski definition) is 2. The summed E-state index contributed by atoms with van der Waals surface area (Å²) in [6, 6.07) is 3.10. The van der Waals surface area contributed by atoms with Gasteiger partial charge in [0, 0.05) is 25.3 Å². The smallest absolute Gasteiger partial charge is 0.337 e. The Morgan fingerprint density at radius 3 is 2.57 bits per heavy atom. The molecule has 0 radical (unpaired) electrons. The molecule has 1 aliphatic heterocycles. The van der Waals surface area contributed by atoms with Crippen LogP contribution in [0.25, 0.3) is 0 Å². The Morgan fingerprint density at radius 2 is 2.05 bits per heavy atom. The van der Waals surface area contributed by atoms with Gasteiger partial charge in [-0.05, 0) is 45.0 Å². The Kier molecular flexibility index (Phi) is 4.96. The van der Waals surface area contributed by atoms with Crippen molar-refractivity contribution in [3.63, 3.8) is 0 Å². The summed E-state index contributed by atoms with van der Waals surface area (Å²) in [5.74, 6) is -0.341. The van der Waals surface area contributed by atoms with Crippen LogP contribution in [0.3, 0.4) is 0 Å². The van der Waals surface area contributed by atoms with E-state index >= 15 is 0 Å². The van der Waals surface area contributed by atoms with Gasteiger partial charge in [-0.15, -0.1) is 0 Å². The summed E-state index contributed by atoms with van der Waals surface area (Å²) in [5, 5.41) is 9.78. The van der Waals surface area contributed by atoms with Crippen molar-refractivity contribution in [3.8, 4) is 0 Å². The molecule has 2 rings (SSSR count). The second kappa shape index (κ2) is 6.54. The van der Waals surface area contributed by atoms with Gasteiger partial charge in [0.1, 0.15) is 0 Å². The Morgan fingerprint density at radius 1 is 1.43 bits per heavy atom. The number of benzene rings is 1. The van der Waals surface area contributed by atoms with E-state index in [9.17, 15) is 9.90 Å². The van der Waals surface area contributed by atoms with E-state index in [1.807, 2.05) is 0 Å². The van der Waals surface area contributed by atoms with Crippen LogP contribution in [-0.2, 0) is 0 Å². The second-order valence-corrected chi connectivity index (χ2v) is 6.30. The molecule has 21 heavy (non-hydrogen) atoms. The van der Waals surface area contributed by atoms with Crippen molar-refractivity contribution in [2.45, 2.75) is 12.8 Å². The predicted octanol–water partition coefficient (Wildman–Crippen LogP) is 2.40. The number of halogens is 1. The number of nitrogens with zero attached hydrogens (tertiary/aromatic N) is 2. The predicted molar refractivity (Wildman–Crippen MR) is 86.3 cm³/mol. The van der Waals surface area contributed by atoms with Gasteiger partial charge in [-0.25, -0.2) is 4.79 Å². The summed E-state index contributed by atoms with van der Waals surface area (Å²) in [4.78, 5) is 15.7. The van der Waals surface area contributed by atoms with Crippen molar-refractivity contribution in [1.29, 1.82) is 0 Å². The minimum absolute atomic E-state index is 0.186. The Hall–Kier alpha value is -1.46. The first-order valence-electron chi connectivity index (χ1n) is 7.10. The molecule has 1 aliphatic rings. The van der Waals surface area contributed by atoms with E-state index in [0.717, 1.165) is 32.5 Å². The van der Waals surface area contributed by atoms with Gasteiger partial charge in [0.15, 0.2) is 0 Å². The molecule has 116 valence electrons. The minimum Gasteiger partial charge on any atom is -0.478 e. The lowest BCUT2D eigenvalue weighted by molar-refractivity contribution is 0.0697. The van der Waals surface area contributed by atoms with Crippen molar-refractivity contribution in [2.75, 3.05) is 44.4 Å². The zero-order valence-corrected chi connectivity index (χ0v) is 13.2. The average molecular weight is 312 g/mol. The number of nitrogens with two attached hydrogens (primary N) is 1. The number of carbonyl (C=O) groups is 1. The fraction of sp³-hybridized carbons (Fsp3) is 0.533. The molecule has 6 heteroatoms. The van der Waals surface area contributed by atoms with Crippen LogP contribution < -0.4 is 10.6 Å². The fourth-order valence-corrected chi connectivity index (χ4v) is 3.31. The Balaban J connectivity index is 2.18. The molecule has 1 heterocycles. The molecule has 0 saturated carbocycles. The molecular formula is C15H22ClN3O2. The van der Waals surface area contributed by atoms with Crippen LogP contribution in [-0.4, -0.2) is 49.7 Å². The van der Waals surface area contributed by atoms with E-state index in [1.54, 1.807) is 6.07 Å². The quantitative estimate of drug-likeness (QED) is 0.836. The number of rotatable bonds is 4. The maximum absolute atomic E-state index is 11.4. The third-order valence-corrected chi connectivity index (χ3v) is 4.16. The molecule has 5 nitrogen and oxygen atoms in total. The van der Waals surface area contributed by atoms with E-state index in [2.05, 4.69) is 23.9 Å². The van der Waals surface area contributed by atoms with Gasteiger partial charge in [-0.2, -0.15) is 0 Å². The number of hydrogen-bond acceptors (Lipinski definition) is 4. The molecule has 0 unspecified atom stereocenters. The molecule has 0 spiro atoms. The Bertz CT molecular complexity index is 526. The summed E-state index contributed by atoms with van der Waals surface area (Å²) in [7, 11) is 4.15. The van der Waals surface area contributed by atoms with Gasteiger partial charge in [-0.1, -0.05) is 11.6 Å². The normalized spacial score (nSPS) is 16.5. The topological polar surface area (TPSA) is 69.8 Å². The van der Waals surface area contributed by atoms with Crippen LogP contribution in [0, 0.1) is 5.92 Å². The number of aromatic carboxylic acids is 1. The molecule has 0 bridgehead atoms. The summed E-state index contributed by atoms with van der Waals surface area (Å²) in [6.07, 6.45) is 2.08. The largest absolute Gasteiger partial charge is 0.478 e. The van der Waals surface area contributed by atoms with Gasteiger partial charge in [0.05, 0.1) is 16.3 Å². The third-order valence-electron chi connectivity index (χ3n) is 3.87.